The molecule has 1 rings (SSSR count). The Balaban J connectivity index is 2.01. The first-order valence-electron chi connectivity index (χ1n) is 8.94. The number of aryl methyl sites for hydroxylation is 2. The van der Waals surface area contributed by atoms with E-state index in [0.29, 0.717) is 18.9 Å². The molecular weight excluding hydrogens is 288 g/mol. The van der Waals surface area contributed by atoms with Crippen LogP contribution in [-0.2, 0) is 4.79 Å². The molecule has 0 unspecified atom stereocenters. The van der Waals surface area contributed by atoms with Gasteiger partial charge in [0.25, 0.3) is 0 Å². The number of rotatable bonds is 12. The van der Waals surface area contributed by atoms with Crippen LogP contribution in [-0.4, -0.2) is 29.0 Å². The van der Waals surface area contributed by atoms with Gasteiger partial charge in [0, 0.05) is 30.9 Å². The number of anilines is 1. The summed E-state index contributed by atoms with van der Waals surface area (Å²) in [6.07, 6.45) is 8.84. The number of aromatic nitrogens is 2. The van der Waals surface area contributed by atoms with E-state index < -0.39 is 0 Å². The molecule has 5 nitrogen and oxygen atoms in total. The van der Waals surface area contributed by atoms with Gasteiger partial charge in [-0.15, -0.1) is 0 Å². The number of carbonyl (C=O) groups is 1. The maximum atomic E-state index is 11.7. The van der Waals surface area contributed by atoms with E-state index in [-0.39, 0.29) is 5.91 Å². The summed E-state index contributed by atoms with van der Waals surface area (Å²) < 4.78 is 0. The summed E-state index contributed by atoms with van der Waals surface area (Å²) in [5, 5.41) is 6.17. The van der Waals surface area contributed by atoms with E-state index in [4.69, 9.17) is 0 Å². The molecule has 0 aliphatic heterocycles. The lowest BCUT2D eigenvalue weighted by atomic mass is 10.1. The number of unbranched alkanes of at least 4 members (excludes halogenated alkanes) is 5. The smallest absolute Gasteiger partial charge is 0.223 e. The number of hydrogen-bond donors (Lipinski definition) is 2. The molecule has 2 N–H and O–H groups in total. The summed E-state index contributed by atoms with van der Waals surface area (Å²) >= 11 is 0. The van der Waals surface area contributed by atoms with Crippen molar-refractivity contribution in [2.75, 3.05) is 18.4 Å². The van der Waals surface area contributed by atoms with Crippen molar-refractivity contribution in [2.45, 2.75) is 72.1 Å². The summed E-state index contributed by atoms with van der Waals surface area (Å²) in [6.45, 7) is 7.65. The second-order valence-electron chi connectivity index (χ2n) is 6.12. The molecule has 0 radical (unpaired) electrons. The average Bonchev–Trinajstić information content (AvgIpc) is 2.50. The van der Waals surface area contributed by atoms with E-state index in [0.717, 1.165) is 30.8 Å². The van der Waals surface area contributed by atoms with Crippen molar-refractivity contribution in [3.8, 4) is 0 Å². The Morgan fingerprint density at radius 2 is 1.61 bits per heavy atom. The molecule has 0 aliphatic rings. The third-order valence-electron chi connectivity index (χ3n) is 3.70. The lowest BCUT2D eigenvalue weighted by Crippen LogP contribution is -2.24. The Bertz CT molecular complexity index is 442. The van der Waals surface area contributed by atoms with E-state index in [9.17, 15) is 4.79 Å². The molecule has 1 amide bonds. The molecule has 1 aromatic heterocycles. The Kier molecular flexibility index (Phi) is 10.00. The van der Waals surface area contributed by atoms with Crippen molar-refractivity contribution in [1.82, 2.24) is 15.3 Å². The van der Waals surface area contributed by atoms with Crippen molar-refractivity contribution >= 4 is 11.9 Å². The molecular formula is C18H32N4O. The van der Waals surface area contributed by atoms with Crippen LogP contribution in [0.2, 0.25) is 0 Å². The van der Waals surface area contributed by atoms with Crippen LogP contribution in [0.4, 0.5) is 5.95 Å². The number of nitrogens with one attached hydrogen (secondary N) is 2. The number of hydrogen-bond acceptors (Lipinski definition) is 4. The van der Waals surface area contributed by atoms with Gasteiger partial charge in [-0.05, 0) is 32.8 Å². The van der Waals surface area contributed by atoms with Gasteiger partial charge in [-0.2, -0.15) is 0 Å². The van der Waals surface area contributed by atoms with Gasteiger partial charge in [0.1, 0.15) is 0 Å². The minimum Gasteiger partial charge on any atom is -0.356 e. The van der Waals surface area contributed by atoms with Gasteiger partial charge in [0.2, 0.25) is 11.9 Å². The molecule has 0 aliphatic carbocycles. The van der Waals surface area contributed by atoms with E-state index in [1.54, 1.807) is 0 Å². The van der Waals surface area contributed by atoms with E-state index in [1.807, 2.05) is 19.9 Å². The fourth-order valence-corrected chi connectivity index (χ4v) is 2.48. The van der Waals surface area contributed by atoms with E-state index in [1.165, 1.54) is 32.1 Å². The summed E-state index contributed by atoms with van der Waals surface area (Å²) in [6, 6.07) is 1.95. The zero-order chi connectivity index (χ0) is 16.9. The quantitative estimate of drug-likeness (QED) is 0.575. The van der Waals surface area contributed by atoms with Gasteiger partial charge in [-0.1, -0.05) is 39.0 Å². The highest BCUT2D eigenvalue weighted by Gasteiger charge is 2.02. The van der Waals surface area contributed by atoms with E-state index >= 15 is 0 Å². The Hall–Kier alpha value is -1.65. The van der Waals surface area contributed by atoms with E-state index in [2.05, 4.69) is 27.5 Å². The molecule has 23 heavy (non-hydrogen) atoms. The van der Waals surface area contributed by atoms with Crippen LogP contribution < -0.4 is 10.6 Å². The van der Waals surface area contributed by atoms with Crippen LogP contribution in [0.5, 0.6) is 0 Å². The number of amides is 1. The second-order valence-corrected chi connectivity index (χ2v) is 6.12. The zero-order valence-corrected chi connectivity index (χ0v) is 15.0. The van der Waals surface area contributed by atoms with Gasteiger partial charge >= 0.3 is 0 Å². The molecule has 130 valence electrons. The Morgan fingerprint density at radius 1 is 0.957 bits per heavy atom. The van der Waals surface area contributed by atoms with Crippen LogP contribution in [0.25, 0.3) is 0 Å². The third kappa shape index (κ3) is 9.87. The molecule has 0 atom stereocenters. The van der Waals surface area contributed by atoms with Crippen molar-refractivity contribution in [3.63, 3.8) is 0 Å². The Morgan fingerprint density at radius 3 is 2.30 bits per heavy atom. The molecule has 0 bridgehead atoms. The van der Waals surface area contributed by atoms with Crippen molar-refractivity contribution in [2.24, 2.45) is 0 Å². The predicted molar refractivity (Wildman–Crippen MR) is 95.6 cm³/mol. The fourth-order valence-electron chi connectivity index (χ4n) is 2.48. The predicted octanol–water partition coefficient (Wildman–Crippen LogP) is 3.76. The molecule has 5 heteroatoms. The lowest BCUT2D eigenvalue weighted by molar-refractivity contribution is -0.121. The molecule has 0 saturated heterocycles. The normalized spacial score (nSPS) is 10.6. The zero-order valence-electron chi connectivity index (χ0n) is 15.0. The van der Waals surface area contributed by atoms with Crippen LogP contribution in [0.1, 0.15) is 69.7 Å². The highest BCUT2D eigenvalue weighted by Crippen LogP contribution is 2.05. The minimum absolute atomic E-state index is 0.140. The van der Waals surface area contributed by atoms with Gasteiger partial charge in [-0.3, -0.25) is 4.79 Å². The molecule has 1 aromatic rings. The van der Waals surface area contributed by atoms with Crippen molar-refractivity contribution < 1.29 is 4.79 Å². The van der Waals surface area contributed by atoms with Crippen molar-refractivity contribution in [1.29, 1.82) is 0 Å². The topological polar surface area (TPSA) is 66.9 Å². The monoisotopic (exact) mass is 320 g/mol. The maximum absolute atomic E-state index is 11.7. The molecule has 0 spiro atoms. The first-order chi connectivity index (χ1) is 11.1. The molecule has 1 heterocycles. The van der Waals surface area contributed by atoms with Gasteiger partial charge in [-0.25, -0.2) is 9.97 Å². The van der Waals surface area contributed by atoms with Crippen LogP contribution in [0, 0.1) is 13.8 Å². The minimum atomic E-state index is 0.140. The molecule has 0 aromatic carbocycles. The fraction of sp³-hybridized carbons (Fsp3) is 0.722. The third-order valence-corrected chi connectivity index (χ3v) is 3.70. The van der Waals surface area contributed by atoms with Gasteiger partial charge in [0.05, 0.1) is 0 Å². The first kappa shape index (κ1) is 19.4. The highest BCUT2D eigenvalue weighted by atomic mass is 16.1. The van der Waals surface area contributed by atoms with Crippen LogP contribution in [0.15, 0.2) is 6.07 Å². The molecule has 0 fully saturated rings. The molecule has 0 saturated carbocycles. The number of nitrogens with zero attached hydrogens (tertiary/aromatic N) is 2. The maximum Gasteiger partial charge on any atom is 0.223 e. The Labute approximate surface area is 140 Å². The summed E-state index contributed by atoms with van der Waals surface area (Å²) in [7, 11) is 0. The summed E-state index contributed by atoms with van der Waals surface area (Å²) in [5.74, 6) is 0.789. The van der Waals surface area contributed by atoms with Gasteiger partial charge < -0.3 is 10.6 Å². The van der Waals surface area contributed by atoms with Crippen LogP contribution in [0.3, 0.4) is 0 Å². The van der Waals surface area contributed by atoms with Crippen LogP contribution >= 0.6 is 0 Å². The standard InChI is InChI=1S/C18H32N4O/c1-4-5-6-7-8-9-12-19-17(23)11-10-13-20-18-21-15(2)14-16(3)22-18/h14H,4-13H2,1-3H3,(H,19,23)(H,20,21,22). The first-order valence-corrected chi connectivity index (χ1v) is 8.94. The second kappa shape index (κ2) is 11.9. The average molecular weight is 320 g/mol. The van der Waals surface area contributed by atoms with Crippen molar-refractivity contribution in [3.05, 3.63) is 17.5 Å². The van der Waals surface area contributed by atoms with Gasteiger partial charge in [0.15, 0.2) is 0 Å². The SMILES string of the molecule is CCCCCCCCNC(=O)CCCNc1nc(C)cc(C)n1. The summed E-state index contributed by atoms with van der Waals surface area (Å²) in [4.78, 5) is 20.4. The summed E-state index contributed by atoms with van der Waals surface area (Å²) in [5.41, 5.74) is 1.91. The number of carbonyl (C=O) groups excluding carboxylic acids is 1. The largest absolute Gasteiger partial charge is 0.356 e. The highest BCUT2D eigenvalue weighted by molar-refractivity contribution is 5.75. The lowest BCUT2D eigenvalue weighted by Gasteiger charge is -2.07.